The van der Waals surface area contributed by atoms with E-state index in [9.17, 15) is 43.2 Å². The fourth-order valence-corrected chi connectivity index (χ4v) is 6.17. The number of alkyl halides is 6. The van der Waals surface area contributed by atoms with Crippen LogP contribution in [-0.2, 0) is 42.6 Å². The Labute approximate surface area is 191 Å². The van der Waals surface area contributed by atoms with Crippen LogP contribution >= 0.6 is 0 Å². The quantitative estimate of drug-likeness (QED) is 0.538. The molecule has 0 saturated carbocycles. The molecule has 1 saturated heterocycles. The van der Waals surface area contributed by atoms with Gasteiger partial charge in [-0.2, -0.15) is 31.4 Å². The molecule has 0 radical (unpaired) electrons. The van der Waals surface area contributed by atoms with E-state index in [2.05, 4.69) is 5.10 Å². The Hall–Kier alpha value is -2.13. The maximum absolute atomic E-state index is 13.3. The Kier molecular flexibility index (Phi) is 6.63. The molecule has 1 aromatic carbocycles. The van der Waals surface area contributed by atoms with Crippen molar-refractivity contribution in [3.05, 3.63) is 47.3 Å². The predicted molar refractivity (Wildman–Crippen MR) is 107 cm³/mol. The lowest BCUT2D eigenvalue weighted by Crippen LogP contribution is -2.42. The third kappa shape index (κ3) is 5.40. The molecular weight excluding hydrogens is 514 g/mol. The SMILES string of the molecule is CC1(S(=O)(=O)c2cccc(C(F)(F)F)c2)CCOC(c2cc(C(F)(F)F)nn2CS(C)(=O)=O)C1. The summed E-state index contributed by atoms with van der Waals surface area (Å²) in [6.45, 7) is 1.02. The van der Waals surface area contributed by atoms with Crippen molar-refractivity contribution >= 4 is 19.7 Å². The highest BCUT2D eigenvalue weighted by Crippen LogP contribution is 2.43. The normalized spacial score (nSPS) is 22.6. The van der Waals surface area contributed by atoms with Gasteiger partial charge in [0.1, 0.15) is 12.0 Å². The van der Waals surface area contributed by atoms with Gasteiger partial charge in [0.2, 0.25) is 0 Å². The molecule has 0 amide bonds. The van der Waals surface area contributed by atoms with Crippen LogP contribution in [0.15, 0.2) is 35.2 Å². The molecule has 1 aliphatic rings. The Balaban J connectivity index is 2.03. The molecule has 3 rings (SSSR count). The minimum atomic E-state index is -4.90. The molecule has 0 aliphatic carbocycles. The molecule has 15 heteroatoms. The Morgan fingerprint density at radius 3 is 2.29 bits per heavy atom. The van der Waals surface area contributed by atoms with E-state index >= 15 is 0 Å². The van der Waals surface area contributed by atoms with Crippen LogP contribution in [0.4, 0.5) is 26.3 Å². The van der Waals surface area contributed by atoms with Gasteiger partial charge in [-0.15, -0.1) is 0 Å². The molecule has 1 fully saturated rings. The van der Waals surface area contributed by atoms with Crippen molar-refractivity contribution in [3.8, 4) is 0 Å². The van der Waals surface area contributed by atoms with Crippen LogP contribution in [0.25, 0.3) is 0 Å². The molecule has 2 atom stereocenters. The third-order valence-electron chi connectivity index (χ3n) is 5.48. The molecule has 0 N–H and O–H groups in total. The van der Waals surface area contributed by atoms with Gasteiger partial charge < -0.3 is 4.74 Å². The van der Waals surface area contributed by atoms with Crippen LogP contribution in [0.1, 0.15) is 42.8 Å². The zero-order chi connectivity index (χ0) is 25.7. The summed E-state index contributed by atoms with van der Waals surface area (Å²) in [5, 5.41) is 3.31. The number of sulfone groups is 2. The first-order chi connectivity index (χ1) is 15.3. The number of ether oxygens (including phenoxy) is 1. The number of nitrogens with zero attached hydrogens (tertiary/aromatic N) is 2. The van der Waals surface area contributed by atoms with Crippen LogP contribution < -0.4 is 0 Å². The van der Waals surface area contributed by atoms with E-state index < -0.39 is 71.3 Å². The fraction of sp³-hybridized carbons (Fsp3) is 0.526. The molecule has 2 unspecified atom stereocenters. The Morgan fingerprint density at radius 1 is 1.09 bits per heavy atom. The second-order valence-corrected chi connectivity index (χ2v) is 12.9. The van der Waals surface area contributed by atoms with Crippen LogP contribution in [0.3, 0.4) is 0 Å². The van der Waals surface area contributed by atoms with Gasteiger partial charge in [-0.1, -0.05) is 6.07 Å². The van der Waals surface area contributed by atoms with E-state index in [0.717, 1.165) is 24.5 Å². The van der Waals surface area contributed by atoms with Crippen molar-refractivity contribution < 1.29 is 47.9 Å². The van der Waals surface area contributed by atoms with Gasteiger partial charge in [-0.05, 0) is 44.0 Å². The van der Waals surface area contributed by atoms with E-state index in [-0.39, 0.29) is 18.7 Å². The van der Waals surface area contributed by atoms with Gasteiger partial charge in [0, 0.05) is 12.9 Å². The fourth-order valence-electron chi connectivity index (χ4n) is 3.68. The average molecular weight is 535 g/mol. The number of aromatic nitrogens is 2. The van der Waals surface area contributed by atoms with E-state index in [1.165, 1.54) is 6.92 Å². The van der Waals surface area contributed by atoms with Crippen molar-refractivity contribution in [3.63, 3.8) is 0 Å². The number of hydrogen-bond acceptors (Lipinski definition) is 6. The summed E-state index contributed by atoms with van der Waals surface area (Å²) in [4.78, 5) is -0.592. The van der Waals surface area contributed by atoms with Crippen molar-refractivity contribution in [1.82, 2.24) is 9.78 Å². The van der Waals surface area contributed by atoms with Crippen molar-refractivity contribution in [2.24, 2.45) is 0 Å². The van der Waals surface area contributed by atoms with Gasteiger partial charge in [-0.25, -0.2) is 16.8 Å². The first-order valence-electron chi connectivity index (χ1n) is 9.70. The van der Waals surface area contributed by atoms with Crippen LogP contribution in [0, 0.1) is 0 Å². The van der Waals surface area contributed by atoms with E-state index in [0.29, 0.717) is 16.8 Å². The predicted octanol–water partition coefficient (Wildman–Crippen LogP) is 4.01. The molecule has 2 aromatic rings. The lowest BCUT2D eigenvalue weighted by atomic mass is 9.94. The van der Waals surface area contributed by atoms with Gasteiger partial charge in [0.25, 0.3) is 0 Å². The summed E-state index contributed by atoms with van der Waals surface area (Å²) in [6.07, 6.45) is -10.8. The molecular formula is C19H20F6N2O5S2. The largest absolute Gasteiger partial charge is 0.435 e. The topological polar surface area (TPSA) is 95.3 Å². The minimum absolute atomic E-state index is 0.144. The van der Waals surface area contributed by atoms with Crippen LogP contribution in [0.2, 0.25) is 0 Å². The molecule has 0 bridgehead atoms. The van der Waals surface area contributed by atoms with E-state index in [4.69, 9.17) is 4.74 Å². The summed E-state index contributed by atoms with van der Waals surface area (Å²) in [5.41, 5.74) is -2.85. The number of rotatable bonds is 5. The monoisotopic (exact) mass is 534 g/mol. The highest BCUT2D eigenvalue weighted by Gasteiger charge is 2.47. The number of hydrogen-bond donors (Lipinski definition) is 0. The molecule has 1 aromatic heterocycles. The number of halogens is 6. The number of benzene rings is 1. The minimum Gasteiger partial charge on any atom is -0.372 e. The summed E-state index contributed by atoms with van der Waals surface area (Å²) in [7, 11) is -8.24. The van der Waals surface area contributed by atoms with E-state index in [1.807, 2.05) is 0 Å². The maximum Gasteiger partial charge on any atom is 0.435 e. The molecule has 2 heterocycles. The first kappa shape index (κ1) is 26.5. The highest BCUT2D eigenvalue weighted by molar-refractivity contribution is 7.92. The Bertz CT molecular complexity index is 1280. The van der Waals surface area contributed by atoms with Crippen molar-refractivity contribution in [2.75, 3.05) is 12.9 Å². The standard InChI is InChI=1S/C19H20F6N2O5S2/c1-17(34(30,31)13-5-3-4-12(8-13)18(20,21)22)6-7-32-15(10-17)14-9-16(19(23,24)25)26-27(14)11-33(2,28)29/h3-5,8-9,15H,6-7,10-11H2,1-2H3. The van der Waals surface area contributed by atoms with Gasteiger partial charge >= 0.3 is 12.4 Å². The zero-order valence-electron chi connectivity index (χ0n) is 17.8. The molecule has 34 heavy (non-hydrogen) atoms. The average Bonchev–Trinajstić information content (AvgIpc) is 3.10. The Morgan fingerprint density at radius 2 is 1.74 bits per heavy atom. The van der Waals surface area contributed by atoms with Crippen LogP contribution in [-0.4, -0.2) is 44.2 Å². The summed E-state index contributed by atoms with van der Waals surface area (Å²) < 4.78 is 133. The van der Waals surface area contributed by atoms with Gasteiger partial charge in [0.15, 0.2) is 25.4 Å². The zero-order valence-corrected chi connectivity index (χ0v) is 19.4. The van der Waals surface area contributed by atoms with Crippen molar-refractivity contribution in [2.45, 2.75) is 53.7 Å². The second-order valence-electron chi connectivity index (χ2n) is 8.30. The van der Waals surface area contributed by atoms with E-state index in [1.54, 1.807) is 0 Å². The third-order valence-corrected chi connectivity index (χ3v) is 8.73. The molecule has 190 valence electrons. The lowest BCUT2D eigenvalue weighted by molar-refractivity contribution is -0.141. The molecule has 1 aliphatic heterocycles. The summed E-state index contributed by atoms with van der Waals surface area (Å²) in [5.74, 6) is -0.907. The first-order valence-corrected chi connectivity index (χ1v) is 13.2. The smallest absolute Gasteiger partial charge is 0.372 e. The van der Waals surface area contributed by atoms with Crippen molar-refractivity contribution in [1.29, 1.82) is 0 Å². The highest BCUT2D eigenvalue weighted by atomic mass is 32.2. The van der Waals surface area contributed by atoms with Gasteiger partial charge in [0.05, 0.1) is 20.9 Å². The van der Waals surface area contributed by atoms with Gasteiger partial charge in [-0.3, -0.25) is 4.68 Å². The lowest BCUT2D eigenvalue weighted by Gasteiger charge is -2.37. The van der Waals surface area contributed by atoms with Crippen LogP contribution in [0.5, 0.6) is 0 Å². The molecule has 7 nitrogen and oxygen atoms in total. The second kappa shape index (κ2) is 8.52. The summed E-state index contributed by atoms with van der Waals surface area (Å²) in [6, 6.07) is 3.76. The maximum atomic E-state index is 13.3. The summed E-state index contributed by atoms with van der Waals surface area (Å²) >= 11 is 0. The molecule has 0 spiro atoms.